The summed E-state index contributed by atoms with van der Waals surface area (Å²) < 4.78 is 76.8. The van der Waals surface area contributed by atoms with E-state index in [-0.39, 0.29) is 0 Å². The summed E-state index contributed by atoms with van der Waals surface area (Å²) >= 11 is 0. The monoisotopic (exact) mass is 411 g/mol. The molecule has 5 nitrogen and oxygen atoms in total. The lowest BCUT2D eigenvalue weighted by molar-refractivity contribution is -0.142. The second kappa shape index (κ2) is 7.92. The van der Waals surface area contributed by atoms with Gasteiger partial charge in [-0.05, 0) is 48.5 Å². The number of amides is 1. The molecule has 28 heavy (non-hydrogen) atoms. The van der Waals surface area contributed by atoms with Crippen molar-refractivity contribution < 1.29 is 41.0 Å². The van der Waals surface area contributed by atoms with Gasteiger partial charge in [0.1, 0.15) is 11.6 Å². The number of carbonyl (C=O) groups excluding carboxylic acids is 2. The highest BCUT2D eigenvalue weighted by Gasteiger charge is 2.39. The molecule has 0 bridgehead atoms. The molecule has 1 rings (SSSR count). The molecule has 0 radical (unpaired) electrons. The van der Waals surface area contributed by atoms with E-state index in [0.29, 0.717) is 0 Å². The van der Waals surface area contributed by atoms with Crippen molar-refractivity contribution in [1.82, 2.24) is 4.90 Å². The fourth-order valence-corrected chi connectivity index (χ4v) is 2.29. The average molecular weight is 411 g/mol. The molecule has 0 aliphatic carbocycles. The number of benzene rings is 1. The van der Waals surface area contributed by atoms with Crippen LogP contribution in [0.25, 0.3) is 0 Å². The van der Waals surface area contributed by atoms with Crippen molar-refractivity contribution in [3.63, 3.8) is 0 Å². The molecule has 10 heteroatoms. The molecular weight excluding hydrogens is 389 g/mol. The van der Waals surface area contributed by atoms with Crippen LogP contribution in [0.1, 0.15) is 48.5 Å². The van der Waals surface area contributed by atoms with Crippen LogP contribution >= 0.6 is 0 Å². The summed E-state index contributed by atoms with van der Waals surface area (Å²) in [5, 5.41) is 0. The van der Waals surface area contributed by atoms with Crippen LogP contribution < -0.4 is 4.74 Å². The lowest BCUT2D eigenvalue weighted by Gasteiger charge is -2.39. The summed E-state index contributed by atoms with van der Waals surface area (Å²) in [4.78, 5) is 25.7. The summed E-state index contributed by atoms with van der Waals surface area (Å²) in [5.41, 5.74) is -1.91. The molecule has 0 unspecified atom stereocenters. The van der Waals surface area contributed by atoms with Gasteiger partial charge in [-0.3, -0.25) is 4.90 Å². The topological polar surface area (TPSA) is 55.8 Å². The van der Waals surface area contributed by atoms with Gasteiger partial charge in [0.2, 0.25) is 34.8 Å². The predicted octanol–water partition coefficient (Wildman–Crippen LogP) is 4.71. The van der Waals surface area contributed by atoms with Crippen LogP contribution in [0.2, 0.25) is 0 Å². The molecule has 0 fully saturated rings. The zero-order valence-electron chi connectivity index (χ0n) is 16.5. The van der Waals surface area contributed by atoms with E-state index in [1.807, 2.05) is 0 Å². The summed E-state index contributed by atoms with van der Waals surface area (Å²) in [7, 11) is 0. The Hall–Kier alpha value is -2.39. The van der Waals surface area contributed by atoms with Crippen LogP contribution in [0.5, 0.6) is 5.75 Å². The quantitative estimate of drug-likeness (QED) is 0.238. The molecule has 158 valence electrons. The molecule has 0 saturated heterocycles. The van der Waals surface area contributed by atoms with Crippen LogP contribution in [0.15, 0.2) is 0 Å². The molecule has 0 aromatic heterocycles. The highest BCUT2D eigenvalue weighted by Crippen LogP contribution is 2.30. The van der Waals surface area contributed by atoms with E-state index in [0.717, 1.165) is 4.90 Å². The Bertz CT molecular complexity index is 755. The summed E-state index contributed by atoms with van der Waals surface area (Å²) in [6.45, 7) is 10.6. The number of rotatable bonds is 3. The number of hydrogen-bond acceptors (Lipinski definition) is 4. The molecule has 1 atom stereocenters. The van der Waals surface area contributed by atoms with Crippen LogP contribution in [-0.2, 0) is 9.53 Å². The van der Waals surface area contributed by atoms with Gasteiger partial charge in [0.05, 0.1) is 0 Å². The molecule has 0 heterocycles. The van der Waals surface area contributed by atoms with Gasteiger partial charge >= 0.3 is 12.1 Å². The smallest absolute Gasteiger partial charge is 0.411 e. The lowest BCUT2D eigenvalue weighted by Crippen LogP contribution is -2.55. The summed E-state index contributed by atoms with van der Waals surface area (Å²) in [5.74, 6) is -14.6. The van der Waals surface area contributed by atoms with Crippen molar-refractivity contribution in [2.75, 3.05) is 0 Å². The third-order valence-corrected chi connectivity index (χ3v) is 3.41. The Kier molecular flexibility index (Phi) is 6.69. The molecule has 1 aromatic carbocycles. The number of carbonyl (C=O) groups is 2. The van der Waals surface area contributed by atoms with Crippen molar-refractivity contribution in [3.8, 4) is 5.75 Å². The maximum atomic E-state index is 13.7. The molecule has 0 spiro atoms. The number of ether oxygens (including phenoxy) is 2. The second-order valence-corrected chi connectivity index (χ2v) is 8.02. The van der Waals surface area contributed by atoms with Gasteiger partial charge in [-0.2, -0.15) is 8.78 Å². The van der Waals surface area contributed by atoms with Crippen LogP contribution in [-0.4, -0.2) is 34.1 Å². The molecule has 0 aliphatic heterocycles. The van der Waals surface area contributed by atoms with Crippen molar-refractivity contribution in [3.05, 3.63) is 29.1 Å². The molecule has 1 amide bonds. The summed E-state index contributed by atoms with van der Waals surface area (Å²) in [6.07, 6.45) is -0.929. The van der Waals surface area contributed by atoms with Gasteiger partial charge in [-0.15, -0.1) is 0 Å². The summed E-state index contributed by atoms with van der Waals surface area (Å²) in [6, 6.07) is -1.47. The minimum absolute atomic E-state index is 0.911. The molecule has 1 aromatic rings. The maximum Gasteiger partial charge on any atom is 0.411 e. The molecule has 0 N–H and O–H groups in total. The second-order valence-electron chi connectivity index (χ2n) is 8.02. The van der Waals surface area contributed by atoms with E-state index in [4.69, 9.17) is 4.74 Å². The first-order valence-electron chi connectivity index (χ1n) is 8.24. The predicted molar refractivity (Wildman–Crippen MR) is 89.2 cm³/mol. The Labute approximate surface area is 159 Å². The Morgan fingerprint density at radius 1 is 0.821 bits per heavy atom. The zero-order valence-corrected chi connectivity index (χ0v) is 16.5. The largest absolute Gasteiger partial charge is 0.444 e. The lowest BCUT2D eigenvalue weighted by atomic mass is 10.0. The fourth-order valence-electron chi connectivity index (χ4n) is 2.29. The van der Waals surface area contributed by atoms with Crippen molar-refractivity contribution >= 4 is 12.1 Å². The normalized spacial score (nSPS) is 13.1. The number of halogens is 5. The fraction of sp³-hybridized carbons (Fsp3) is 0.556. The first-order chi connectivity index (χ1) is 12.5. The van der Waals surface area contributed by atoms with Crippen LogP contribution in [0.4, 0.5) is 26.7 Å². The number of nitrogens with zero attached hydrogens (tertiary/aromatic N) is 1. The van der Waals surface area contributed by atoms with Gasteiger partial charge in [0, 0.05) is 5.54 Å². The Morgan fingerprint density at radius 2 is 1.21 bits per heavy atom. The third kappa shape index (κ3) is 5.11. The number of esters is 1. The van der Waals surface area contributed by atoms with E-state index >= 15 is 0 Å². The van der Waals surface area contributed by atoms with Crippen molar-refractivity contribution in [2.45, 2.75) is 65.6 Å². The molecule has 0 aliphatic rings. The van der Waals surface area contributed by atoms with Crippen LogP contribution in [0.3, 0.4) is 0 Å². The van der Waals surface area contributed by atoms with Crippen molar-refractivity contribution in [1.29, 1.82) is 0 Å². The standard InChI is InChI=1S/C18H22F5NO4/c1-8(24(17(2,3)4)16(26)28-18(5,6)7)15(25)27-14-12(22)10(20)9(19)11(21)13(14)23/h8H,1-7H3/t8-/m0/s1. The van der Waals surface area contributed by atoms with E-state index in [1.54, 1.807) is 41.5 Å². The molecule has 0 saturated carbocycles. The van der Waals surface area contributed by atoms with Gasteiger partial charge in [-0.25, -0.2) is 22.8 Å². The van der Waals surface area contributed by atoms with Gasteiger partial charge < -0.3 is 9.47 Å². The van der Waals surface area contributed by atoms with Gasteiger partial charge in [0.15, 0.2) is 0 Å². The van der Waals surface area contributed by atoms with Gasteiger partial charge in [-0.1, -0.05) is 0 Å². The van der Waals surface area contributed by atoms with E-state index in [9.17, 15) is 31.5 Å². The van der Waals surface area contributed by atoms with Crippen molar-refractivity contribution in [2.24, 2.45) is 0 Å². The first kappa shape index (κ1) is 23.6. The third-order valence-electron chi connectivity index (χ3n) is 3.41. The zero-order chi connectivity index (χ0) is 22.2. The Balaban J connectivity index is 3.25. The van der Waals surface area contributed by atoms with E-state index in [1.165, 1.54) is 6.92 Å². The highest BCUT2D eigenvalue weighted by molar-refractivity contribution is 5.83. The van der Waals surface area contributed by atoms with Crippen LogP contribution in [0, 0.1) is 29.1 Å². The average Bonchev–Trinajstić information content (AvgIpc) is 2.51. The van der Waals surface area contributed by atoms with E-state index in [2.05, 4.69) is 4.74 Å². The molecular formula is C18H22F5NO4. The number of hydrogen-bond donors (Lipinski definition) is 0. The Morgan fingerprint density at radius 3 is 1.57 bits per heavy atom. The maximum absolute atomic E-state index is 13.7. The first-order valence-corrected chi connectivity index (χ1v) is 8.24. The van der Waals surface area contributed by atoms with Gasteiger partial charge in [0.25, 0.3) is 0 Å². The SMILES string of the molecule is C[C@@H](C(=O)Oc1c(F)c(F)c(F)c(F)c1F)N(C(=O)OC(C)(C)C)C(C)(C)C. The minimum Gasteiger partial charge on any atom is -0.444 e. The minimum atomic E-state index is -2.38. The van der Waals surface area contributed by atoms with E-state index < -0.39 is 64.1 Å². The highest BCUT2D eigenvalue weighted by atomic mass is 19.2.